The number of hydrogen-bond donors (Lipinski definition) is 1. The lowest BCUT2D eigenvalue weighted by molar-refractivity contribution is 0.496. The van der Waals surface area contributed by atoms with Gasteiger partial charge in [-0.05, 0) is 30.5 Å². The Bertz CT molecular complexity index is 393. The Balaban J connectivity index is 2.61. The molecule has 0 aliphatic heterocycles. The van der Waals surface area contributed by atoms with Crippen molar-refractivity contribution in [1.29, 1.82) is 5.26 Å². The van der Waals surface area contributed by atoms with E-state index < -0.39 is 0 Å². The fraction of sp³-hybridized carbons (Fsp3) is 0.462. The van der Waals surface area contributed by atoms with Crippen LogP contribution < -0.4 is 5.32 Å². The van der Waals surface area contributed by atoms with Gasteiger partial charge in [-0.2, -0.15) is 5.26 Å². The molecular weight excluding hydrogens is 264 g/mol. The summed E-state index contributed by atoms with van der Waals surface area (Å²) in [6.45, 7) is 6.89. The summed E-state index contributed by atoms with van der Waals surface area (Å²) in [5, 5.41) is 12.3. The van der Waals surface area contributed by atoms with Gasteiger partial charge in [-0.25, -0.2) is 0 Å². The van der Waals surface area contributed by atoms with E-state index in [2.05, 4.69) is 54.2 Å². The zero-order valence-electron chi connectivity index (χ0n) is 9.92. The minimum atomic E-state index is 0.0556. The van der Waals surface area contributed by atoms with Gasteiger partial charge in [0.2, 0.25) is 0 Å². The molecule has 16 heavy (non-hydrogen) atoms. The highest BCUT2D eigenvalue weighted by Gasteiger charge is 2.11. The highest BCUT2D eigenvalue weighted by atomic mass is 79.9. The van der Waals surface area contributed by atoms with Crippen LogP contribution in [0, 0.1) is 30.1 Å². The van der Waals surface area contributed by atoms with Crippen molar-refractivity contribution in [2.24, 2.45) is 11.8 Å². The molecule has 1 aromatic rings. The number of nitrogens with zero attached hydrogens (tertiary/aromatic N) is 1. The van der Waals surface area contributed by atoms with Gasteiger partial charge in [0.05, 0.1) is 12.0 Å². The second-order valence-corrected chi connectivity index (χ2v) is 5.18. The largest absolute Gasteiger partial charge is 0.384 e. The topological polar surface area (TPSA) is 35.8 Å². The van der Waals surface area contributed by atoms with E-state index >= 15 is 0 Å². The predicted molar refractivity (Wildman–Crippen MR) is 71.3 cm³/mol. The molecule has 0 radical (unpaired) electrons. The molecule has 0 spiro atoms. The fourth-order valence-corrected chi connectivity index (χ4v) is 1.74. The van der Waals surface area contributed by atoms with Crippen LogP contribution in [0.15, 0.2) is 22.7 Å². The van der Waals surface area contributed by atoms with Gasteiger partial charge in [-0.15, -0.1) is 0 Å². The lowest BCUT2D eigenvalue weighted by Crippen LogP contribution is -2.17. The molecule has 1 aromatic carbocycles. The summed E-state index contributed by atoms with van der Waals surface area (Å²) in [5.41, 5.74) is 2.27. The van der Waals surface area contributed by atoms with Gasteiger partial charge in [0.15, 0.2) is 0 Å². The first kappa shape index (κ1) is 13.1. The Morgan fingerprint density at radius 2 is 2.12 bits per heavy atom. The first-order valence-electron chi connectivity index (χ1n) is 5.44. The van der Waals surface area contributed by atoms with Crippen LogP contribution in [0.1, 0.15) is 19.4 Å². The molecular formula is C13H17BrN2. The average Bonchev–Trinajstić information content (AvgIpc) is 2.23. The molecule has 0 saturated heterocycles. The third-order valence-electron chi connectivity index (χ3n) is 2.67. The standard InChI is InChI=1S/C13H17BrN2/c1-9(2)11(7-15)8-16-12-5-4-10(3)13(14)6-12/h4-6,9,11,16H,8H2,1-3H3. The van der Waals surface area contributed by atoms with Gasteiger partial charge in [-0.1, -0.05) is 35.8 Å². The molecule has 1 atom stereocenters. The van der Waals surface area contributed by atoms with Crippen molar-refractivity contribution in [1.82, 2.24) is 0 Å². The number of hydrogen-bond acceptors (Lipinski definition) is 2. The van der Waals surface area contributed by atoms with Crippen LogP contribution in [0.4, 0.5) is 5.69 Å². The lowest BCUT2D eigenvalue weighted by Gasteiger charge is -2.15. The molecule has 0 fully saturated rings. The molecule has 0 heterocycles. The number of nitriles is 1. The second kappa shape index (κ2) is 5.91. The van der Waals surface area contributed by atoms with Crippen molar-refractivity contribution in [3.05, 3.63) is 28.2 Å². The van der Waals surface area contributed by atoms with Gasteiger partial charge < -0.3 is 5.32 Å². The van der Waals surface area contributed by atoms with E-state index in [1.54, 1.807) is 0 Å². The van der Waals surface area contributed by atoms with Crippen LogP contribution in [-0.2, 0) is 0 Å². The van der Waals surface area contributed by atoms with Crippen LogP contribution in [0.3, 0.4) is 0 Å². The van der Waals surface area contributed by atoms with E-state index in [1.807, 2.05) is 12.1 Å². The number of aryl methyl sites for hydroxylation is 1. The third-order valence-corrected chi connectivity index (χ3v) is 3.52. The van der Waals surface area contributed by atoms with E-state index in [4.69, 9.17) is 5.26 Å². The highest BCUT2D eigenvalue weighted by Crippen LogP contribution is 2.21. The van der Waals surface area contributed by atoms with Gasteiger partial charge in [0.25, 0.3) is 0 Å². The summed E-state index contributed by atoms with van der Waals surface area (Å²) >= 11 is 3.49. The van der Waals surface area contributed by atoms with Crippen LogP contribution >= 0.6 is 15.9 Å². The van der Waals surface area contributed by atoms with Gasteiger partial charge in [0.1, 0.15) is 0 Å². The lowest BCUT2D eigenvalue weighted by atomic mass is 9.97. The van der Waals surface area contributed by atoms with Crippen LogP contribution in [0.5, 0.6) is 0 Å². The molecule has 0 saturated carbocycles. The van der Waals surface area contributed by atoms with Gasteiger partial charge >= 0.3 is 0 Å². The van der Waals surface area contributed by atoms with Crippen molar-refractivity contribution < 1.29 is 0 Å². The number of halogens is 1. The summed E-state index contributed by atoms with van der Waals surface area (Å²) < 4.78 is 1.09. The zero-order chi connectivity index (χ0) is 12.1. The molecule has 3 heteroatoms. The number of nitrogens with one attached hydrogen (secondary N) is 1. The number of benzene rings is 1. The maximum Gasteiger partial charge on any atom is 0.0677 e. The Morgan fingerprint density at radius 3 is 2.62 bits per heavy atom. The quantitative estimate of drug-likeness (QED) is 0.906. The van der Waals surface area contributed by atoms with Crippen LogP contribution in [0.25, 0.3) is 0 Å². The Labute approximate surface area is 106 Å². The molecule has 0 bridgehead atoms. The molecule has 86 valence electrons. The monoisotopic (exact) mass is 280 g/mol. The zero-order valence-corrected chi connectivity index (χ0v) is 11.5. The van der Waals surface area contributed by atoms with E-state index in [0.717, 1.165) is 10.2 Å². The summed E-state index contributed by atoms with van der Waals surface area (Å²) in [4.78, 5) is 0. The molecule has 2 nitrogen and oxygen atoms in total. The second-order valence-electron chi connectivity index (χ2n) is 4.32. The minimum absolute atomic E-state index is 0.0556. The molecule has 0 amide bonds. The van der Waals surface area contributed by atoms with Crippen molar-refractivity contribution in [3.8, 4) is 6.07 Å². The van der Waals surface area contributed by atoms with Gasteiger partial charge in [-0.3, -0.25) is 0 Å². The number of rotatable bonds is 4. The van der Waals surface area contributed by atoms with Crippen LogP contribution in [0.2, 0.25) is 0 Å². The molecule has 0 aromatic heterocycles. The smallest absolute Gasteiger partial charge is 0.0677 e. The molecule has 1 N–H and O–H groups in total. The fourth-order valence-electron chi connectivity index (χ4n) is 1.36. The molecule has 1 rings (SSSR count). The Kier molecular flexibility index (Phi) is 4.82. The summed E-state index contributed by atoms with van der Waals surface area (Å²) in [6.07, 6.45) is 0. The predicted octanol–water partition coefficient (Wildman–Crippen LogP) is 3.97. The Hall–Kier alpha value is -1.01. The normalized spacial score (nSPS) is 12.2. The summed E-state index contributed by atoms with van der Waals surface area (Å²) in [5.74, 6) is 0.437. The van der Waals surface area contributed by atoms with E-state index in [9.17, 15) is 0 Å². The molecule has 0 aliphatic rings. The van der Waals surface area contributed by atoms with E-state index in [0.29, 0.717) is 12.5 Å². The minimum Gasteiger partial charge on any atom is -0.384 e. The molecule has 0 aliphatic carbocycles. The van der Waals surface area contributed by atoms with Gasteiger partial charge in [0, 0.05) is 16.7 Å². The summed E-state index contributed by atoms with van der Waals surface area (Å²) in [6, 6.07) is 8.46. The molecule has 1 unspecified atom stereocenters. The van der Waals surface area contributed by atoms with Crippen molar-refractivity contribution in [3.63, 3.8) is 0 Å². The maximum absolute atomic E-state index is 8.97. The van der Waals surface area contributed by atoms with E-state index in [-0.39, 0.29) is 5.92 Å². The first-order valence-corrected chi connectivity index (χ1v) is 6.23. The van der Waals surface area contributed by atoms with Crippen LogP contribution in [-0.4, -0.2) is 6.54 Å². The third kappa shape index (κ3) is 3.53. The highest BCUT2D eigenvalue weighted by molar-refractivity contribution is 9.10. The maximum atomic E-state index is 8.97. The van der Waals surface area contributed by atoms with E-state index in [1.165, 1.54) is 5.56 Å². The number of anilines is 1. The van der Waals surface area contributed by atoms with Crippen molar-refractivity contribution in [2.75, 3.05) is 11.9 Å². The van der Waals surface area contributed by atoms with Crippen molar-refractivity contribution in [2.45, 2.75) is 20.8 Å². The first-order chi connectivity index (χ1) is 7.54. The average molecular weight is 281 g/mol. The Morgan fingerprint density at radius 1 is 1.44 bits per heavy atom. The summed E-state index contributed by atoms with van der Waals surface area (Å²) in [7, 11) is 0. The van der Waals surface area contributed by atoms with Crippen molar-refractivity contribution >= 4 is 21.6 Å². The SMILES string of the molecule is Cc1ccc(NCC(C#N)C(C)C)cc1Br.